The van der Waals surface area contributed by atoms with Crippen molar-refractivity contribution >= 4 is 39.9 Å². The number of halogens is 1. The molecule has 7 heteroatoms. The van der Waals surface area contributed by atoms with E-state index in [2.05, 4.69) is 10.6 Å². The summed E-state index contributed by atoms with van der Waals surface area (Å²) in [7, 11) is 1.63. The predicted octanol–water partition coefficient (Wildman–Crippen LogP) is 5.57. The largest absolute Gasteiger partial charge is 0.497 e. The predicted molar refractivity (Wildman–Crippen MR) is 125 cm³/mol. The Morgan fingerprint density at radius 1 is 1.06 bits per heavy atom. The highest BCUT2D eigenvalue weighted by atomic mass is 35.5. The number of nitrogens with one attached hydrogen (secondary N) is 2. The van der Waals surface area contributed by atoms with Gasteiger partial charge in [-0.3, -0.25) is 4.79 Å². The number of amides is 1. The van der Waals surface area contributed by atoms with Gasteiger partial charge >= 0.3 is 0 Å². The molecule has 1 heterocycles. The number of methoxy groups -OCH3 is 1. The first-order chi connectivity index (χ1) is 14.9. The third-order valence-electron chi connectivity index (χ3n) is 4.75. The van der Waals surface area contributed by atoms with E-state index in [1.54, 1.807) is 13.2 Å². The fourth-order valence-electron chi connectivity index (χ4n) is 3.34. The van der Waals surface area contributed by atoms with Crippen LogP contribution in [-0.4, -0.2) is 28.8 Å². The summed E-state index contributed by atoms with van der Waals surface area (Å²) in [4.78, 5) is 12.5. The van der Waals surface area contributed by atoms with Gasteiger partial charge in [-0.1, -0.05) is 23.7 Å². The monoisotopic (exact) mass is 434 g/mol. The lowest BCUT2D eigenvalue weighted by Crippen LogP contribution is -2.30. The molecule has 0 saturated heterocycles. The first-order valence-corrected chi connectivity index (χ1v) is 10.3. The molecule has 0 saturated carbocycles. The Balaban J connectivity index is 1.81. The zero-order valence-electron chi connectivity index (χ0n) is 17.5. The summed E-state index contributed by atoms with van der Waals surface area (Å²) in [6.07, 6.45) is 0. The fraction of sp³-hybridized carbons (Fsp3) is 0.167. The van der Waals surface area contributed by atoms with Gasteiger partial charge < -0.3 is 15.4 Å². The lowest BCUT2D eigenvalue weighted by molar-refractivity contribution is 0.0943. The van der Waals surface area contributed by atoms with Crippen molar-refractivity contribution in [3.8, 4) is 11.4 Å². The van der Waals surface area contributed by atoms with Gasteiger partial charge in [0, 0.05) is 27.7 Å². The third-order valence-corrected chi connectivity index (χ3v) is 4.98. The molecule has 158 valence electrons. The highest BCUT2D eigenvalue weighted by Crippen LogP contribution is 2.31. The van der Waals surface area contributed by atoms with Gasteiger partial charge in [-0.2, -0.15) is 0 Å². The van der Waals surface area contributed by atoms with Gasteiger partial charge in [0.15, 0.2) is 5.82 Å². The molecule has 0 bridgehead atoms. The van der Waals surface area contributed by atoms with Crippen LogP contribution in [0.1, 0.15) is 24.2 Å². The molecular weight excluding hydrogens is 412 g/mol. The molecule has 4 rings (SSSR count). The summed E-state index contributed by atoms with van der Waals surface area (Å²) in [6.45, 7) is 3.87. The zero-order valence-corrected chi connectivity index (χ0v) is 18.3. The van der Waals surface area contributed by atoms with Crippen LogP contribution in [0.4, 0.5) is 11.5 Å². The minimum Gasteiger partial charge on any atom is -0.497 e. The fourth-order valence-corrected chi connectivity index (χ4v) is 3.53. The van der Waals surface area contributed by atoms with E-state index in [9.17, 15) is 4.79 Å². The van der Waals surface area contributed by atoms with E-state index in [-0.39, 0.29) is 11.9 Å². The second kappa shape index (κ2) is 8.70. The first kappa shape index (κ1) is 20.8. The summed E-state index contributed by atoms with van der Waals surface area (Å²) in [6, 6.07) is 20.7. The van der Waals surface area contributed by atoms with Gasteiger partial charge in [0.1, 0.15) is 5.75 Å². The van der Waals surface area contributed by atoms with Crippen LogP contribution in [0, 0.1) is 0 Å². The minimum atomic E-state index is -0.118. The second-order valence-corrected chi connectivity index (χ2v) is 7.89. The maximum atomic E-state index is 12.5. The van der Waals surface area contributed by atoms with Crippen molar-refractivity contribution < 1.29 is 9.53 Å². The Morgan fingerprint density at radius 3 is 2.61 bits per heavy atom. The van der Waals surface area contributed by atoms with Gasteiger partial charge in [-0.05, 0) is 68.4 Å². The lowest BCUT2D eigenvalue weighted by Gasteiger charge is -2.10. The number of nitrogens with zero attached hydrogens (tertiary/aromatic N) is 2. The molecule has 1 aromatic heterocycles. The number of carbonyl (C=O) groups excluding carboxylic acids is 1. The summed E-state index contributed by atoms with van der Waals surface area (Å²) < 4.78 is 7.22. The number of hydrogen-bond acceptors (Lipinski definition) is 4. The van der Waals surface area contributed by atoms with E-state index in [1.807, 2.05) is 79.2 Å². The standard InChI is InChI=1S/C24H23ClN4O2/c1-15(2)26-24(30)16-6-4-9-19(12-16)29-22-11-10-20(31-3)14-21(22)23(28-29)27-18-8-5-7-17(25)13-18/h4-15H,1-3H3,(H,26,30)(H,27,28). The van der Waals surface area contributed by atoms with Crippen molar-refractivity contribution in [2.45, 2.75) is 19.9 Å². The molecule has 0 aliphatic carbocycles. The molecule has 0 fully saturated rings. The number of aromatic nitrogens is 2. The van der Waals surface area contributed by atoms with E-state index in [0.29, 0.717) is 16.4 Å². The number of benzene rings is 3. The van der Waals surface area contributed by atoms with Crippen LogP contribution >= 0.6 is 11.6 Å². The smallest absolute Gasteiger partial charge is 0.251 e. The van der Waals surface area contributed by atoms with Crippen LogP contribution in [0.25, 0.3) is 16.6 Å². The molecule has 1 amide bonds. The Morgan fingerprint density at radius 2 is 1.87 bits per heavy atom. The van der Waals surface area contributed by atoms with Crippen molar-refractivity contribution in [2.75, 3.05) is 12.4 Å². The van der Waals surface area contributed by atoms with Gasteiger partial charge in [0.05, 0.1) is 18.3 Å². The van der Waals surface area contributed by atoms with Crippen LogP contribution < -0.4 is 15.4 Å². The molecule has 0 unspecified atom stereocenters. The van der Waals surface area contributed by atoms with Crippen LogP contribution in [0.3, 0.4) is 0 Å². The third kappa shape index (κ3) is 4.49. The Kier molecular flexibility index (Phi) is 5.82. The number of hydrogen-bond donors (Lipinski definition) is 2. The number of fused-ring (bicyclic) bond motifs is 1. The lowest BCUT2D eigenvalue weighted by atomic mass is 10.1. The molecule has 0 radical (unpaired) electrons. The van der Waals surface area contributed by atoms with Crippen LogP contribution in [0.5, 0.6) is 5.75 Å². The first-order valence-electron chi connectivity index (χ1n) is 9.95. The van der Waals surface area contributed by atoms with Crippen LogP contribution in [0.15, 0.2) is 66.7 Å². The van der Waals surface area contributed by atoms with E-state index in [4.69, 9.17) is 21.4 Å². The van der Waals surface area contributed by atoms with Crippen molar-refractivity contribution in [1.29, 1.82) is 0 Å². The van der Waals surface area contributed by atoms with Gasteiger partial charge in [0.25, 0.3) is 5.91 Å². The molecule has 4 aromatic rings. The summed E-state index contributed by atoms with van der Waals surface area (Å²) in [5, 5.41) is 12.6. The van der Waals surface area contributed by atoms with Gasteiger partial charge in [0.2, 0.25) is 0 Å². The topological polar surface area (TPSA) is 68.2 Å². The quantitative estimate of drug-likeness (QED) is 0.416. The maximum absolute atomic E-state index is 12.5. The number of anilines is 2. The highest BCUT2D eigenvalue weighted by Gasteiger charge is 2.15. The molecule has 6 nitrogen and oxygen atoms in total. The number of carbonyl (C=O) groups is 1. The van der Waals surface area contributed by atoms with E-state index >= 15 is 0 Å². The summed E-state index contributed by atoms with van der Waals surface area (Å²) >= 11 is 6.14. The zero-order chi connectivity index (χ0) is 22.0. The maximum Gasteiger partial charge on any atom is 0.251 e. The average molecular weight is 435 g/mol. The Hall–Kier alpha value is -3.51. The minimum absolute atomic E-state index is 0.0580. The Labute approximate surface area is 185 Å². The van der Waals surface area contributed by atoms with Crippen molar-refractivity contribution in [3.05, 3.63) is 77.3 Å². The van der Waals surface area contributed by atoms with Crippen molar-refractivity contribution in [3.63, 3.8) is 0 Å². The molecule has 3 aromatic carbocycles. The number of ether oxygens (including phenoxy) is 1. The van der Waals surface area contributed by atoms with E-state index < -0.39 is 0 Å². The van der Waals surface area contributed by atoms with Crippen LogP contribution in [0.2, 0.25) is 5.02 Å². The summed E-state index contributed by atoms with van der Waals surface area (Å²) in [5.74, 6) is 1.27. The normalized spacial score (nSPS) is 11.0. The second-order valence-electron chi connectivity index (χ2n) is 7.46. The SMILES string of the molecule is COc1ccc2c(c1)c(Nc1cccc(Cl)c1)nn2-c1cccc(C(=O)NC(C)C)c1. The highest BCUT2D eigenvalue weighted by molar-refractivity contribution is 6.30. The van der Waals surface area contributed by atoms with E-state index in [0.717, 1.165) is 28.0 Å². The average Bonchev–Trinajstić information content (AvgIpc) is 3.11. The Bertz CT molecular complexity index is 1250. The molecule has 2 N–H and O–H groups in total. The molecular formula is C24H23ClN4O2. The van der Waals surface area contributed by atoms with Crippen molar-refractivity contribution in [2.24, 2.45) is 0 Å². The van der Waals surface area contributed by atoms with Crippen LogP contribution in [-0.2, 0) is 0 Å². The molecule has 0 aliphatic heterocycles. The molecule has 31 heavy (non-hydrogen) atoms. The molecule has 0 aliphatic rings. The molecule has 0 spiro atoms. The molecule has 0 atom stereocenters. The van der Waals surface area contributed by atoms with Gasteiger partial charge in [-0.25, -0.2) is 4.68 Å². The van der Waals surface area contributed by atoms with Crippen molar-refractivity contribution in [1.82, 2.24) is 15.1 Å². The number of rotatable bonds is 6. The summed E-state index contributed by atoms with van der Waals surface area (Å²) in [5.41, 5.74) is 3.07. The van der Waals surface area contributed by atoms with Gasteiger partial charge in [-0.15, -0.1) is 5.10 Å². The van der Waals surface area contributed by atoms with E-state index in [1.165, 1.54) is 0 Å².